The summed E-state index contributed by atoms with van der Waals surface area (Å²) in [5, 5.41) is 7.75. The van der Waals surface area contributed by atoms with Gasteiger partial charge >= 0.3 is 0 Å². The fourth-order valence-corrected chi connectivity index (χ4v) is 10.5. The molecule has 1 aromatic heterocycles. The van der Waals surface area contributed by atoms with E-state index in [-0.39, 0.29) is 0 Å². The molecule has 2 aliphatic carbocycles. The standard InChI is InChI=1S/C58H35N3/c1-3-15-37(16-4-1)55-59-56(38-17-5-2-6-18-38)61-57(60-55)39-29-27-36(28-30-39)40-31-32-47-45-23-11-13-25-51(45)58(53(47)33-40)52-26-14-12-24-46(52)50-34-48-43-21-9-7-19-41(43)42-20-8-10-22-44(42)49(48)35-54(50)58/h1-35H. The van der Waals surface area contributed by atoms with Gasteiger partial charge in [-0.15, -0.1) is 0 Å². The van der Waals surface area contributed by atoms with Crippen LogP contribution in [-0.4, -0.2) is 15.0 Å². The molecule has 282 valence electrons. The molecule has 0 radical (unpaired) electrons. The molecule has 1 unspecified atom stereocenters. The van der Waals surface area contributed by atoms with Gasteiger partial charge in [-0.2, -0.15) is 0 Å². The molecule has 10 aromatic carbocycles. The lowest BCUT2D eigenvalue weighted by Crippen LogP contribution is -2.25. The van der Waals surface area contributed by atoms with Crippen LogP contribution in [0.15, 0.2) is 212 Å². The monoisotopic (exact) mass is 773 g/mol. The Balaban J connectivity index is 0.999. The van der Waals surface area contributed by atoms with Gasteiger partial charge in [0, 0.05) is 16.7 Å². The van der Waals surface area contributed by atoms with Crippen LogP contribution in [0.1, 0.15) is 22.3 Å². The Morgan fingerprint density at radius 1 is 0.230 bits per heavy atom. The lowest BCUT2D eigenvalue weighted by molar-refractivity contribution is 0.795. The number of rotatable bonds is 4. The Bertz CT molecular complexity index is 3520. The highest BCUT2D eigenvalue weighted by Gasteiger charge is 2.51. The molecule has 1 heterocycles. The molecular weight excluding hydrogens is 739 g/mol. The highest BCUT2D eigenvalue weighted by atomic mass is 15.0. The van der Waals surface area contributed by atoms with Crippen LogP contribution in [0.4, 0.5) is 0 Å². The Labute approximate surface area is 353 Å². The fourth-order valence-electron chi connectivity index (χ4n) is 10.5. The highest BCUT2D eigenvalue weighted by molar-refractivity contribution is 6.26. The summed E-state index contributed by atoms with van der Waals surface area (Å²) in [7, 11) is 0. The van der Waals surface area contributed by atoms with Crippen LogP contribution >= 0.6 is 0 Å². The number of hydrogen-bond donors (Lipinski definition) is 0. The van der Waals surface area contributed by atoms with Crippen molar-refractivity contribution in [3.8, 4) is 67.5 Å². The van der Waals surface area contributed by atoms with E-state index in [1.807, 2.05) is 60.7 Å². The second kappa shape index (κ2) is 13.0. The average Bonchev–Trinajstić information content (AvgIpc) is 3.80. The minimum absolute atomic E-state index is 0.485. The van der Waals surface area contributed by atoms with Gasteiger partial charge < -0.3 is 0 Å². The fraction of sp³-hybridized carbons (Fsp3) is 0.0172. The summed E-state index contributed by atoms with van der Waals surface area (Å²) in [4.78, 5) is 14.9. The predicted octanol–water partition coefficient (Wildman–Crippen LogP) is 14.3. The van der Waals surface area contributed by atoms with Gasteiger partial charge in [-0.1, -0.05) is 194 Å². The smallest absolute Gasteiger partial charge is 0.164 e. The zero-order valence-corrected chi connectivity index (χ0v) is 33.0. The van der Waals surface area contributed by atoms with Crippen LogP contribution in [0, 0.1) is 0 Å². The molecule has 1 spiro atoms. The van der Waals surface area contributed by atoms with Crippen molar-refractivity contribution < 1.29 is 0 Å². The van der Waals surface area contributed by atoms with Crippen LogP contribution in [0.3, 0.4) is 0 Å². The van der Waals surface area contributed by atoms with Crippen LogP contribution in [0.2, 0.25) is 0 Å². The van der Waals surface area contributed by atoms with Crippen LogP contribution < -0.4 is 0 Å². The molecule has 1 atom stereocenters. The molecule has 3 heteroatoms. The van der Waals surface area contributed by atoms with Crippen molar-refractivity contribution in [3.05, 3.63) is 235 Å². The molecule has 61 heavy (non-hydrogen) atoms. The van der Waals surface area contributed by atoms with Gasteiger partial charge in [-0.05, 0) is 106 Å². The second-order valence-corrected chi connectivity index (χ2v) is 16.3. The third-order valence-electron chi connectivity index (χ3n) is 13.1. The summed E-state index contributed by atoms with van der Waals surface area (Å²) in [6.45, 7) is 0. The van der Waals surface area contributed by atoms with E-state index < -0.39 is 5.41 Å². The second-order valence-electron chi connectivity index (χ2n) is 16.3. The first-order valence-corrected chi connectivity index (χ1v) is 20.9. The van der Waals surface area contributed by atoms with Crippen molar-refractivity contribution in [2.24, 2.45) is 0 Å². The van der Waals surface area contributed by atoms with Crippen molar-refractivity contribution in [1.29, 1.82) is 0 Å². The Morgan fingerprint density at radius 2 is 0.607 bits per heavy atom. The van der Waals surface area contributed by atoms with Gasteiger partial charge in [-0.3, -0.25) is 0 Å². The molecule has 2 aliphatic rings. The van der Waals surface area contributed by atoms with Gasteiger partial charge in [0.2, 0.25) is 0 Å². The summed E-state index contributed by atoms with van der Waals surface area (Å²) < 4.78 is 0. The number of aromatic nitrogens is 3. The lowest BCUT2D eigenvalue weighted by Gasteiger charge is -2.31. The maximum atomic E-state index is 5.00. The summed E-state index contributed by atoms with van der Waals surface area (Å²) in [5.74, 6) is 1.96. The molecule has 11 aromatic rings. The first kappa shape index (κ1) is 33.9. The molecule has 0 aliphatic heterocycles. The maximum Gasteiger partial charge on any atom is 0.164 e. The van der Waals surface area contributed by atoms with Crippen LogP contribution in [-0.2, 0) is 5.41 Å². The third kappa shape index (κ3) is 4.89. The Morgan fingerprint density at radius 3 is 1.16 bits per heavy atom. The van der Waals surface area contributed by atoms with Crippen LogP contribution in [0.25, 0.3) is 99.9 Å². The van der Waals surface area contributed by atoms with E-state index in [4.69, 9.17) is 15.0 Å². The van der Waals surface area contributed by atoms with Crippen molar-refractivity contribution >= 4 is 32.3 Å². The first-order chi connectivity index (χ1) is 30.2. The van der Waals surface area contributed by atoms with E-state index in [0.29, 0.717) is 17.5 Å². The number of nitrogens with zero attached hydrogens (tertiary/aromatic N) is 3. The van der Waals surface area contributed by atoms with Gasteiger partial charge in [-0.25, -0.2) is 15.0 Å². The van der Waals surface area contributed by atoms with Gasteiger partial charge in [0.15, 0.2) is 17.5 Å². The summed E-state index contributed by atoms with van der Waals surface area (Å²) in [6.07, 6.45) is 0. The van der Waals surface area contributed by atoms with Gasteiger partial charge in [0.05, 0.1) is 5.41 Å². The molecule has 0 fully saturated rings. The van der Waals surface area contributed by atoms with Crippen LogP contribution in [0.5, 0.6) is 0 Å². The quantitative estimate of drug-likeness (QED) is 0.167. The molecule has 0 saturated carbocycles. The minimum atomic E-state index is -0.485. The van der Waals surface area contributed by atoms with Gasteiger partial charge in [0.25, 0.3) is 0 Å². The van der Waals surface area contributed by atoms with Crippen molar-refractivity contribution in [2.45, 2.75) is 5.41 Å². The topological polar surface area (TPSA) is 38.7 Å². The van der Waals surface area contributed by atoms with E-state index in [9.17, 15) is 0 Å². The Kier molecular flexibility index (Phi) is 7.22. The Hall–Kier alpha value is -8.01. The maximum absolute atomic E-state index is 5.00. The number of benzene rings is 10. The first-order valence-electron chi connectivity index (χ1n) is 20.9. The largest absolute Gasteiger partial charge is 0.208 e. The van der Waals surface area contributed by atoms with E-state index in [1.54, 1.807) is 0 Å². The average molecular weight is 774 g/mol. The van der Waals surface area contributed by atoms with Crippen molar-refractivity contribution in [1.82, 2.24) is 15.0 Å². The third-order valence-corrected chi connectivity index (χ3v) is 13.1. The normalized spacial score (nSPS) is 14.6. The SMILES string of the molecule is c1ccc(-c2nc(-c3ccccc3)nc(-c3ccc(-c4ccc5c(c4)C4(c6ccccc6-5)c5ccccc5-c5cc6c7ccccc7c7ccccc7c6cc54)cc3)n2)cc1. The van der Waals surface area contributed by atoms with Crippen molar-refractivity contribution in [3.63, 3.8) is 0 Å². The minimum Gasteiger partial charge on any atom is -0.208 e. The van der Waals surface area contributed by atoms with Gasteiger partial charge in [0.1, 0.15) is 0 Å². The van der Waals surface area contributed by atoms with E-state index in [2.05, 4.69) is 152 Å². The lowest BCUT2D eigenvalue weighted by atomic mass is 9.70. The zero-order chi connectivity index (χ0) is 40.1. The predicted molar refractivity (Wildman–Crippen MR) is 250 cm³/mol. The summed E-state index contributed by atoms with van der Waals surface area (Å²) in [5.41, 5.74) is 15.2. The molecule has 0 bridgehead atoms. The summed E-state index contributed by atoms with van der Waals surface area (Å²) in [6, 6.07) is 77.1. The molecule has 3 nitrogen and oxygen atoms in total. The molecule has 0 amide bonds. The highest BCUT2D eigenvalue weighted by Crippen LogP contribution is 2.64. The van der Waals surface area contributed by atoms with E-state index >= 15 is 0 Å². The number of fused-ring (bicyclic) bond motifs is 16. The molecule has 0 N–H and O–H groups in total. The van der Waals surface area contributed by atoms with E-state index in [1.165, 1.54) is 82.4 Å². The molecule has 0 saturated heterocycles. The van der Waals surface area contributed by atoms with E-state index in [0.717, 1.165) is 22.3 Å². The van der Waals surface area contributed by atoms with Crippen molar-refractivity contribution in [2.75, 3.05) is 0 Å². The zero-order valence-electron chi connectivity index (χ0n) is 33.0. The summed E-state index contributed by atoms with van der Waals surface area (Å²) >= 11 is 0. The molecular formula is C58H35N3. The number of hydrogen-bond acceptors (Lipinski definition) is 3. The molecule has 13 rings (SSSR count).